The normalized spacial score (nSPS) is 48.4. The van der Waals surface area contributed by atoms with Gasteiger partial charge in [0.1, 0.15) is 0 Å². The number of fused-ring (bicyclic) bond motifs is 4. The fourth-order valence-corrected chi connectivity index (χ4v) is 5.95. The first kappa shape index (κ1) is 15.6. The molecule has 5 aliphatic rings. The van der Waals surface area contributed by atoms with Crippen LogP contribution in [0.4, 0.5) is 0 Å². The molecular weight excluding hydrogens is 254 g/mol. The maximum atomic E-state index is 6.31. The lowest BCUT2D eigenvalue weighted by molar-refractivity contribution is -0.0988. The summed E-state index contributed by atoms with van der Waals surface area (Å²) in [5, 5.41) is 0. The standard InChI is InChI=1S/C10H17N.C10H18/c1-7-8-4-5-10(11,6-8)9(7,2)3;1-7-4-5-8-6-9(7)10(8,2)3/h8H,1,4-6,11H2,2-3H3;7-9H,4-6H2,1-3H3. The molecule has 0 aromatic carbocycles. The Morgan fingerprint density at radius 3 is 2.05 bits per heavy atom. The molecule has 120 valence electrons. The molecular formula is C20H35N. The van der Waals surface area contributed by atoms with Crippen molar-refractivity contribution in [3.05, 3.63) is 12.2 Å². The van der Waals surface area contributed by atoms with Crippen molar-refractivity contribution in [1.29, 1.82) is 0 Å². The van der Waals surface area contributed by atoms with Crippen LogP contribution in [0.1, 0.15) is 73.1 Å². The van der Waals surface area contributed by atoms with Crippen LogP contribution in [0.3, 0.4) is 0 Å². The van der Waals surface area contributed by atoms with Crippen LogP contribution in [-0.4, -0.2) is 5.54 Å². The van der Waals surface area contributed by atoms with Crippen molar-refractivity contribution in [2.75, 3.05) is 0 Å². The Hall–Kier alpha value is -0.300. The van der Waals surface area contributed by atoms with E-state index in [9.17, 15) is 0 Å². The van der Waals surface area contributed by atoms with Crippen molar-refractivity contribution in [1.82, 2.24) is 0 Å². The molecule has 5 unspecified atom stereocenters. The van der Waals surface area contributed by atoms with Gasteiger partial charge in [-0.1, -0.05) is 53.2 Å². The van der Waals surface area contributed by atoms with E-state index in [-0.39, 0.29) is 11.0 Å². The lowest BCUT2D eigenvalue weighted by Crippen LogP contribution is -2.51. The Morgan fingerprint density at radius 1 is 1.10 bits per heavy atom. The van der Waals surface area contributed by atoms with Crippen LogP contribution in [-0.2, 0) is 0 Å². The van der Waals surface area contributed by atoms with Crippen LogP contribution >= 0.6 is 0 Å². The van der Waals surface area contributed by atoms with E-state index in [0.29, 0.717) is 5.41 Å². The zero-order valence-corrected chi connectivity index (χ0v) is 14.8. The van der Waals surface area contributed by atoms with E-state index in [1.165, 1.54) is 44.1 Å². The van der Waals surface area contributed by atoms with E-state index in [0.717, 1.165) is 23.7 Å². The molecule has 5 atom stereocenters. The molecule has 0 amide bonds. The van der Waals surface area contributed by atoms with Crippen LogP contribution in [0.25, 0.3) is 0 Å². The fourth-order valence-electron chi connectivity index (χ4n) is 5.95. The molecule has 5 saturated carbocycles. The summed E-state index contributed by atoms with van der Waals surface area (Å²) in [6.45, 7) is 16.0. The molecule has 5 rings (SSSR count). The van der Waals surface area contributed by atoms with Gasteiger partial charge in [-0.2, -0.15) is 0 Å². The summed E-state index contributed by atoms with van der Waals surface area (Å²) in [4.78, 5) is 0. The number of hydrogen-bond donors (Lipinski definition) is 1. The van der Waals surface area contributed by atoms with Crippen molar-refractivity contribution in [3.8, 4) is 0 Å². The first-order chi connectivity index (χ1) is 9.59. The predicted molar refractivity (Wildman–Crippen MR) is 91.0 cm³/mol. The van der Waals surface area contributed by atoms with Gasteiger partial charge in [0.05, 0.1) is 0 Å². The number of nitrogens with two attached hydrogens (primary N) is 1. The van der Waals surface area contributed by atoms with Crippen molar-refractivity contribution in [2.45, 2.75) is 78.7 Å². The molecule has 0 heterocycles. The Morgan fingerprint density at radius 2 is 1.76 bits per heavy atom. The Bertz CT molecular complexity index is 445. The molecule has 0 aromatic rings. The Balaban J connectivity index is 0.000000126. The third-order valence-corrected chi connectivity index (χ3v) is 8.29. The summed E-state index contributed by atoms with van der Waals surface area (Å²) in [6.07, 6.45) is 8.19. The van der Waals surface area contributed by atoms with Gasteiger partial charge in [-0.15, -0.1) is 0 Å². The van der Waals surface area contributed by atoms with Crippen LogP contribution in [0.15, 0.2) is 12.2 Å². The van der Waals surface area contributed by atoms with Gasteiger partial charge in [-0.25, -0.2) is 0 Å². The second-order valence-corrected chi connectivity index (χ2v) is 9.66. The highest BCUT2D eigenvalue weighted by molar-refractivity contribution is 5.30. The fraction of sp³-hybridized carbons (Fsp3) is 0.900. The molecule has 0 radical (unpaired) electrons. The molecule has 0 saturated heterocycles. The molecule has 5 fully saturated rings. The quantitative estimate of drug-likeness (QED) is 0.613. The van der Waals surface area contributed by atoms with Gasteiger partial charge < -0.3 is 5.73 Å². The minimum absolute atomic E-state index is 0.0781. The lowest BCUT2D eigenvalue weighted by Gasteiger charge is -2.59. The van der Waals surface area contributed by atoms with Crippen molar-refractivity contribution in [3.63, 3.8) is 0 Å². The number of rotatable bonds is 0. The Labute approximate surface area is 131 Å². The zero-order chi connectivity index (χ0) is 15.6. The van der Waals surface area contributed by atoms with Gasteiger partial charge in [0.15, 0.2) is 0 Å². The second-order valence-electron chi connectivity index (χ2n) is 9.66. The molecule has 2 N–H and O–H groups in total. The molecule has 0 spiro atoms. The third kappa shape index (κ3) is 2.06. The molecule has 21 heavy (non-hydrogen) atoms. The summed E-state index contributed by atoms with van der Waals surface area (Å²) < 4.78 is 0. The van der Waals surface area contributed by atoms with E-state index in [4.69, 9.17) is 5.73 Å². The summed E-state index contributed by atoms with van der Waals surface area (Å²) >= 11 is 0. The van der Waals surface area contributed by atoms with E-state index < -0.39 is 0 Å². The van der Waals surface area contributed by atoms with E-state index in [2.05, 4.69) is 41.2 Å². The van der Waals surface area contributed by atoms with E-state index in [1.54, 1.807) is 0 Å². The van der Waals surface area contributed by atoms with Crippen LogP contribution in [0.5, 0.6) is 0 Å². The predicted octanol–water partition coefficient (Wildman–Crippen LogP) is 5.16. The van der Waals surface area contributed by atoms with Crippen LogP contribution in [0, 0.1) is 34.5 Å². The molecule has 4 bridgehead atoms. The zero-order valence-electron chi connectivity index (χ0n) is 14.8. The molecule has 0 aliphatic heterocycles. The summed E-state index contributed by atoms with van der Waals surface area (Å²) in [5.74, 6) is 3.88. The van der Waals surface area contributed by atoms with Gasteiger partial charge >= 0.3 is 0 Å². The minimum atomic E-state index is 0.0781. The first-order valence-electron chi connectivity index (χ1n) is 9.08. The van der Waals surface area contributed by atoms with Crippen LogP contribution in [0.2, 0.25) is 0 Å². The summed E-state index contributed by atoms with van der Waals surface area (Å²) in [7, 11) is 0. The van der Waals surface area contributed by atoms with Gasteiger partial charge in [-0.3, -0.25) is 0 Å². The average molecular weight is 290 g/mol. The van der Waals surface area contributed by atoms with E-state index in [1.807, 2.05) is 0 Å². The van der Waals surface area contributed by atoms with Crippen LogP contribution < -0.4 is 5.73 Å². The minimum Gasteiger partial charge on any atom is -0.324 e. The maximum absolute atomic E-state index is 6.31. The van der Waals surface area contributed by atoms with Gasteiger partial charge in [0.25, 0.3) is 0 Å². The SMILES string of the molecule is C=C1C2CCC(N)(C2)C1(C)C.CC1CCC2CC1C2(C)C. The van der Waals surface area contributed by atoms with Crippen molar-refractivity contribution >= 4 is 0 Å². The maximum Gasteiger partial charge on any atom is 0.0249 e. The van der Waals surface area contributed by atoms with Gasteiger partial charge in [0, 0.05) is 11.0 Å². The Kier molecular flexibility index (Phi) is 3.41. The molecule has 1 heteroatoms. The third-order valence-electron chi connectivity index (χ3n) is 8.29. The van der Waals surface area contributed by atoms with Gasteiger partial charge in [0.2, 0.25) is 0 Å². The van der Waals surface area contributed by atoms with Gasteiger partial charge in [-0.05, 0) is 61.2 Å². The van der Waals surface area contributed by atoms with Crippen molar-refractivity contribution < 1.29 is 0 Å². The molecule has 5 aliphatic carbocycles. The van der Waals surface area contributed by atoms with E-state index >= 15 is 0 Å². The highest BCUT2D eigenvalue weighted by Crippen LogP contribution is 2.61. The second kappa shape index (κ2) is 4.60. The average Bonchev–Trinajstić information content (AvgIpc) is 2.87. The summed E-state index contributed by atoms with van der Waals surface area (Å²) in [6, 6.07) is 0. The largest absolute Gasteiger partial charge is 0.324 e. The highest BCUT2D eigenvalue weighted by Gasteiger charge is 2.56. The monoisotopic (exact) mass is 289 g/mol. The van der Waals surface area contributed by atoms with Crippen molar-refractivity contribution in [2.24, 2.45) is 40.2 Å². The lowest BCUT2D eigenvalue weighted by atomic mass is 9.46. The topological polar surface area (TPSA) is 26.0 Å². The number of hydrogen-bond acceptors (Lipinski definition) is 1. The molecule has 1 nitrogen and oxygen atoms in total. The smallest absolute Gasteiger partial charge is 0.0249 e. The highest BCUT2D eigenvalue weighted by atomic mass is 14.8. The molecule has 0 aromatic heterocycles. The first-order valence-corrected chi connectivity index (χ1v) is 9.08. The summed E-state index contributed by atoms with van der Waals surface area (Å²) in [5.41, 5.74) is 8.68.